The summed E-state index contributed by atoms with van der Waals surface area (Å²) in [5, 5.41) is 0. The summed E-state index contributed by atoms with van der Waals surface area (Å²) in [6.45, 7) is 4.22. The topological polar surface area (TPSA) is 0 Å². The van der Waals surface area contributed by atoms with Gasteiger partial charge in [-0.2, -0.15) is 0 Å². The lowest BCUT2D eigenvalue weighted by Crippen LogP contribution is -1.72. The molecule has 0 heterocycles. The maximum absolute atomic E-state index is 3.01. The Bertz CT molecular complexity index is 157. The van der Waals surface area contributed by atoms with Gasteiger partial charge < -0.3 is 0 Å². The first kappa shape index (κ1) is 11.3. The van der Waals surface area contributed by atoms with Gasteiger partial charge in [-0.1, -0.05) is 38.3 Å². The quantitative estimate of drug-likeness (QED) is 0.313. The highest BCUT2D eigenvalue weighted by Crippen LogP contribution is 2.02. The second-order valence-electron chi connectivity index (χ2n) is 2.90. The summed E-state index contributed by atoms with van der Waals surface area (Å²) in [7, 11) is 0. The second kappa shape index (κ2) is 10.3. The van der Waals surface area contributed by atoms with Crippen LogP contribution in [0.2, 0.25) is 0 Å². The van der Waals surface area contributed by atoms with Crippen molar-refractivity contribution in [1.29, 1.82) is 0 Å². The lowest BCUT2D eigenvalue weighted by Gasteiger charge is -1.92. The van der Waals surface area contributed by atoms with Gasteiger partial charge in [-0.15, -0.1) is 5.73 Å². The Balaban J connectivity index is 3.19. The van der Waals surface area contributed by atoms with Crippen molar-refractivity contribution in [2.75, 3.05) is 0 Å². The minimum absolute atomic E-state index is 1.21. The van der Waals surface area contributed by atoms with Crippen LogP contribution in [0.15, 0.2) is 30.0 Å². The molecule has 0 saturated carbocycles. The van der Waals surface area contributed by atoms with Crippen LogP contribution in [-0.4, -0.2) is 0 Å². The van der Waals surface area contributed by atoms with Gasteiger partial charge in [0.2, 0.25) is 0 Å². The van der Waals surface area contributed by atoms with E-state index in [1.54, 1.807) is 0 Å². The molecule has 0 fully saturated rings. The van der Waals surface area contributed by atoms with E-state index in [1.165, 1.54) is 32.1 Å². The molecule has 0 amide bonds. The summed E-state index contributed by atoms with van der Waals surface area (Å²) in [6, 6.07) is 0. The Morgan fingerprint density at radius 2 is 2.00 bits per heavy atom. The van der Waals surface area contributed by atoms with Crippen molar-refractivity contribution in [2.45, 2.75) is 46.0 Å². The third-order valence-electron chi connectivity index (χ3n) is 1.72. The first-order valence-corrected chi connectivity index (χ1v) is 4.94. The van der Waals surface area contributed by atoms with Gasteiger partial charge in [-0.05, 0) is 31.9 Å². The van der Waals surface area contributed by atoms with Crippen LogP contribution >= 0.6 is 0 Å². The van der Waals surface area contributed by atoms with E-state index in [4.69, 9.17) is 0 Å². The van der Waals surface area contributed by atoms with Crippen LogP contribution in [-0.2, 0) is 0 Å². The van der Waals surface area contributed by atoms with E-state index >= 15 is 0 Å². The van der Waals surface area contributed by atoms with Crippen LogP contribution in [0.3, 0.4) is 0 Å². The molecule has 68 valence electrons. The Morgan fingerprint density at radius 1 is 1.17 bits per heavy atom. The van der Waals surface area contributed by atoms with Crippen molar-refractivity contribution < 1.29 is 0 Å². The van der Waals surface area contributed by atoms with E-state index < -0.39 is 0 Å². The third kappa shape index (κ3) is 9.26. The number of allylic oxidation sites excluding steroid dienone is 3. The molecule has 0 unspecified atom stereocenters. The Kier molecular flexibility index (Phi) is 9.63. The molecule has 0 aliphatic carbocycles. The highest BCUT2D eigenvalue weighted by atomic mass is 13.9. The third-order valence-corrected chi connectivity index (χ3v) is 1.72. The van der Waals surface area contributed by atoms with E-state index in [0.29, 0.717) is 0 Å². The lowest BCUT2D eigenvalue weighted by atomic mass is 10.1. The normalized spacial score (nSPS) is 9.83. The number of rotatable bonds is 6. The molecule has 0 atom stereocenters. The molecule has 0 aromatic heterocycles. The van der Waals surface area contributed by atoms with Crippen molar-refractivity contribution in [3.63, 3.8) is 0 Å². The summed E-state index contributed by atoms with van der Waals surface area (Å²) in [6.07, 6.45) is 14.8. The van der Waals surface area contributed by atoms with Gasteiger partial charge in [-0.25, -0.2) is 0 Å². The zero-order valence-corrected chi connectivity index (χ0v) is 8.34. The van der Waals surface area contributed by atoms with Gasteiger partial charge >= 0.3 is 0 Å². The maximum atomic E-state index is 3.01. The summed E-state index contributed by atoms with van der Waals surface area (Å²) < 4.78 is 0. The van der Waals surface area contributed by atoms with Crippen LogP contribution in [0.4, 0.5) is 0 Å². The zero-order chi connectivity index (χ0) is 9.07. The average Bonchev–Trinajstić information content (AvgIpc) is 2.10. The second-order valence-corrected chi connectivity index (χ2v) is 2.90. The summed E-state index contributed by atoms with van der Waals surface area (Å²) in [4.78, 5) is 0. The average molecular weight is 164 g/mol. The van der Waals surface area contributed by atoms with Crippen LogP contribution in [0.25, 0.3) is 0 Å². The van der Waals surface area contributed by atoms with Crippen molar-refractivity contribution in [2.24, 2.45) is 0 Å². The van der Waals surface area contributed by atoms with Crippen molar-refractivity contribution in [3.8, 4) is 0 Å². The fourth-order valence-corrected chi connectivity index (χ4v) is 1.01. The molecule has 0 spiro atoms. The summed E-state index contributed by atoms with van der Waals surface area (Å²) >= 11 is 0. The molecule has 0 aromatic rings. The van der Waals surface area contributed by atoms with Crippen LogP contribution < -0.4 is 0 Å². The van der Waals surface area contributed by atoms with Crippen molar-refractivity contribution in [1.82, 2.24) is 0 Å². The first-order chi connectivity index (χ1) is 5.91. The van der Waals surface area contributed by atoms with Gasteiger partial charge in [0.15, 0.2) is 0 Å². The molecule has 0 aliphatic rings. The van der Waals surface area contributed by atoms with Gasteiger partial charge in [0.25, 0.3) is 0 Å². The van der Waals surface area contributed by atoms with Crippen molar-refractivity contribution >= 4 is 0 Å². The van der Waals surface area contributed by atoms with E-state index in [0.717, 1.165) is 0 Å². The van der Waals surface area contributed by atoms with Gasteiger partial charge in [0.1, 0.15) is 0 Å². The Hall–Kier alpha value is -0.740. The summed E-state index contributed by atoms with van der Waals surface area (Å²) in [5.41, 5.74) is 3.01. The summed E-state index contributed by atoms with van der Waals surface area (Å²) in [5.74, 6) is 0. The molecule has 0 heteroatoms. The van der Waals surface area contributed by atoms with E-state index in [2.05, 4.69) is 24.8 Å². The smallest absolute Gasteiger partial charge is 0.0206 e. The number of unbranched alkanes of at least 4 members (excludes halogenated alkanes) is 4. The SMILES string of the molecule is CC=C=CC=CCCCCCC. The van der Waals surface area contributed by atoms with Crippen LogP contribution in [0.1, 0.15) is 46.0 Å². The molecule has 0 aromatic carbocycles. The van der Waals surface area contributed by atoms with E-state index in [1.807, 2.05) is 19.1 Å². The highest BCUT2D eigenvalue weighted by Gasteiger charge is 1.82. The molecule has 0 aliphatic heterocycles. The Labute approximate surface area is 76.7 Å². The molecule has 0 saturated heterocycles. The molecular formula is C12H20. The standard InChI is InChI=1S/C12H20/c1-3-5-7-9-11-12-10-8-6-4-2/h3,7,9,11H,4,6,8,10,12H2,1-2H3. The fourth-order valence-electron chi connectivity index (χ4n) is 1.01. The molecular weight excluding hydrogens is 144 g/mol. The van der Waals surface area contributed by atoms with Gasteiger partial charge in [0, 0.05) is 0 Å². The molecule has 0 radical (unpaired) electrons. The van der Waals surface area contributed by atoms with E-state index in [-0.39, 0.29) is 0 Å². The van der Waals surface area contributed by atoms with Gasteiger partial charge in [-0.3, -0.25) is 0 Å². The molecule has 0 N–H and O–H groups in total. The number of hydrogen-bond acceptors (Lipinski definition) is 0. The van der Waals surface area contributed by atoms with Crippen LogP contribution in [0, 0.1) is 0 Å². The zero-order valence-electron chi connectivity index (χ0n) is 8.34. The Morgan fingerprint density at radius 3 is 2.67 bits per heavy atom. The van der Waals surface area contributed by atoms with Crippen LogP contribution in [0.5, 0.6) is 0 Å². The van der Waals surface area contributed by atoms with E-state index in [9.17, 15) is 0 Å². The molecule has 0 nitrogen and oxygen atoms in total. The monoisotopic (exact) mass is 164 g/mol. The number of hydrogen-bond donors (Lipinski definition) is 0. The molecule has 0 bridgehead atoms. The van der Waals surface area contributed by atoms with Gasteiger partial charge in [0.05, 0.1) is 0 Å². The first-order valence-electron chi connectivity index (χ1n) is 4.94. The van der Waals surface area contributed by atoms with Crippen molar-refractivity contribution in [3.05, 3.63) is 30.0 Å². The predicted octanol–water partition coefficient (Wildman–Crippen LogP) is 4.24. The molecule has 0 rings (SSSR count). The fraction of sp³-hybridized carbons (Fsp3) is 0.583. The predicted molar refractivity (Wildman–Crippen MR) is 56.2 cm³/mol. The largest absolute Gasteiger partial charge is 0.126 e. The minimum atomic E-state index is 1.21. The lowest BCUT2D eigenvalue weighted by molar-refractivity contribution is 0.674. The molecule has 12 heavy (non-hydrogen) atoms. The minimum Gasteiger partial charge on any atom is -0.126 e. The maximum Gasteiger partial charge on any atom is -0.0206 e. The highest BCUT2D eigenvalue weighted by molar-refractivity contribution is 5.01.